The van der Waals surface area contributed by atoms with Gasteiger partial charge in [-0.2, -0.15) is 9.61 Å². The van der Waals surface area contributed by atoms with E-state index in [0.29, 0.717) is 5.82 Å². The molecule has 5 rings (SSSR count). The number of para-hydroxylation sites is 1. The molecule has 0 aliphatic heterocycles. The highest BCUT2D eigenvalue weighted by molar-refractivity contribution is 7.16. The summed E-state index contributed by atoms with van der Waals surface area (Å²) in [6.07, 6.45) is 0.732. The molecule has 0 radical (unpaired) electrons. The summed E-state index contributed by atoms with van der Waals surface area (Å²) < 4.78 is 1.77. The fraction of sp³-hybridized carbons (Fsp3) is 0.0526. The Morgan fingerprint density at radius 2 is 1.77 bits per heavy atom. The molecule has 7 heteroatoms. The second-order valence-corrected chi connectivity index (χ2v) is 7.38. The fourth-order valence-electron chi connectivity index (χ4n) is 2.86. The van der Waals surface area contributed by atoms with Gasteiger partial charge in [0, 0.05) is 16.8 Å². The largest absolute Gasteiger partial charge is 0.244 e. The van der Waals surface area contributed by atoms with Crippen LogP contribution in [0.15, 0.2) is 60.7 Å². The SMILES string of the molecule is Clc1ccc(Cc2nn3c(-c4ccc5ccccc5n4)nnc3s2)cc1. The molecule has 0 aliphatic carbocycles. The Hall–Kier alpha value is -2.83. The molecule has 0 saturated heterocycles. The van der Waals surface area contributed by atoms with Gasteiger partial charge < -0.3 is 0 Å². The van der Waals surface area contributed by atoms with E-state index < -0.39 is 0 Å². The minimum atomic E-state index is 0.657. The van der Waals surface area contributed by atoms with Gasteiger partial charge in [0.25, 0.3) is 0 Å². The molecule has 0 fully saturated rings. The van der Waals surface area contributed by atoms with Crippen molar-refractivity contribution in [2.45, 2.75) is 6.42 Å². The topological polar surface area (TPSA) is 56.0 Å². The zero-order valence-electron chi connectivity index (χ0n) is 13.5. The molecule has 0 bridgehead atoms. The number of fused-ring (bicyclic) bond motifs is 2. The summed E-state index contributed by atoms with van der Waals surface area (Å²) >= 11 is 7.48. The van der Waals surface area contributed by atoms with E-state index in [2.05, 4.69) is 15.3 Å². The first-order valence-electron chi connectivity index (χ1n) is 8.08. The number of benzene rings is 2. The Bertz CT molecular complexity index is 1230. The Kier molecular flexibility index (Phi) is 3.65. The van der Waals surface area contributed by atoms with Crippen molar-refractivity contribution in [3.63, 3.8) is 0 Å². The van der Waals surface area contributed by atoms with Gasteiger partial charge in [-0.15, -0.1) is 10.2 Å². The average Bonchev–Trinajstić information content (AvgIpc) is 3.23. The van der Waals surface area contributed by atoms with Gasteiger partial charge in [0.2, 0.25) is 10.8 Å². The summed E-state index contributed by atoms with van der Waals surface area (Å²) in [6, 6.07) is 19.8. The van der Waals surface area contributed by atoms with Crippen molar-refractivity contribution < 1.29 is 0 Å². The first-order valence-corrected chi connectivity index (χ1v) is 9.27. The molecular weight excluding hydrogens is 366 g/mol. The van der Waals surface area contributed by atoms with Crippen molar-refractivity contribution in [1.82, 2.24) is 24.8 Å². The number of aromatic nitrogens is 5. The summed E-state index contributed by atoms with van der Waals surface area (Å²) in [5.74, 6) is 0.657. The summed E-state index contributed by atoms with van der Waals surface area (Å²) in [4.78, 5) is 5.46. The summed E-state index contributed by atoms with van der Waals surface area (Å²) in [5, 5.41) is 16.0. The highest BCUT2D eigenvalue weighted by atomic mass is 35.5. The second-order valence-electron chi connectivity index (χ2n) is 5.91. The van der Waals surface area contributed by atoms with Crippen LogP contribution in [0.2, 0.25) is 5.02 Å². The number of hydrogen-bond acceptors (Lipinski definition) is 5. The lowest BCUT2D eigenvalue weighted by molar-refractivity contribution is 0.913. The maximum Gasteiger partial charge on any atom is 0.235 e. The van der Waals surface area contributed by atoms with E-state index in [-0.39, 0.29) is 0 Å². The van der Waals surface area contributed by atoms with Crippen LogP contribution >= 0.6 is 22.9 Å². The maximum atomic E-state index is 5.95. The van der Waals surface area contributed by atoms with E-state index in [1.807, 2.05) is 60.7 Å². The van der Waals surface area contributed by atoms with Crippen LogP contribution in [0, 0.1) is 0 Å². The summed E-state index contributed by atoms with van der Waals surface area (Å²) in [6.45, 7) is 0. The van der Waals surface area contributed by atoms with Crippen molar-refractivity contribution in [2.24, 2.45) is 0 Å². The van der Waals surface area contributed by atoms with Gasteiger partial charge in [-0.05, 0) is 29.8 Å². The van der Waals surface area contributed by atoms with Gasteiger partial charge >= 0.3 is 0 Å². The zero-order valence-corrected chi connectivity index (χ0v) is 15.1. The van der Waals surface area contributed by atoms with Gasteiger partial charge in [-0.1, -0.05) is 59.3 Å². The van der Waals surface area contributed by atoms with Gasteiger partial charge in [-0.25, -0.2) is 4.98 Å². The Labute approximate surface area is 157 Å². The second kappa shape index (κ2) is 6.16. The third-order valence-corrected chi connectivity index (χ3v) is 5.28. The first-order chi connectivity index (χ1) is 12.8. The summed E-state index contributed by atoms with van der Waals surface area (Å²) in [5.41, 5.74) is 2.85. The first kappa shape index (κ1) is 15.4. The monoisotopic (exact) mass is 377 g/mol. The molecule has 0 unspecified atom stereocenters. The van der Waals surface area contributed by atoms with Crippen LogP contribution in [0.3, 0.4) is 0 Å². The molecule has 0 spiro atoms. The lowest BCUT2D eigenvalue weighted by Gasteiger charge is -2.00. The molecular formula is C19H12ClN5S. The van der Waals surface area contributed by atoms with Gasteiger partial charge in [0.1, 0.15) is 10.7 Å². The fourth-order valence-corrected chi connectivity index (χ4v) is 3.85. The number of rotatable bonds is 3. The number of nitrogens with zero attached hydrogens (tertiary/aromatic N) is 5. The van der Waals surface area contributed by atoms with Gasteiger partial charge in [0.15, 0.2) is 0 Å². The molecule has 0 aliphatic rings. The Morgan fingerprint density at radius 1 is 0.923 bits per heavy atom. The molecule has 26 heavy (non-hydrogen) atoms. The van der Waals surface area contributed by atoms with E-state index >= 15 is 0 Å². The van der Waals surface area contributed by atoms with Crippen LogP contribution in [0.5, 0.6) is 0 Å². The molecule has 2 aromatic carbocycles. The third kappa shape index (κ3) is 2.73. The predicted octanol–water partition coefficient (Wildman–Crippen LogP) is 4.65. The van der Waals surface area contributed by atoms with E-state index in [0.717, 1.165) is 43.6 Å². The maximum absolute atomic E-state index is 5.95. The molecule has 5 aromatic rings. The molecule has 126 valence electrons. The van der Waals surface area contributed by atoms with E-state index in [9.17, 15) is 0 Å². The molecule has 0 saturated carbocycles. The normalized spacial score (nSPS) is 11.4. The Balaban J connectivity index is 1.54. The number of pyridine rings is 1. The number of hydrogen-bond donors (Lipinski definition) is 0. The van der Waals surface area contributed by atoms with Crippen molar-refractivity contribution in [2.75, 3.05) is 0 Å². The van der Waals surface area contributed by atoms with E-state index in [4.69, 9.17) is 16.6 Å². The lowest BCUT2D eigenvalue weighted by atomic mass is 10.2. The average molecular weight is 378 g/mol. The minimum Gasteiger partial charge on any atom is -0.244 e. The highest BCUT2D eigenvalue weighted by Gasteiger charge is 2.15. The summed E-state index contributed by atoms with van der Waals surface area (Å²) in [7, 11) is 0. The van der Waals surface area contributed by atoms with E-state index in [1.54, 1.807) is 4.52 Å². The smallest absolute Gasteiger partial charge is 0.235 e. The van der Waals surface area contributed by atoms with Crippen LogP contribution in [-0.4, -0.2) is 24.8 Å². The third-order valence-electron chi connectivity index (χ3n) is 4.13. The highest BCUT2D eigenvalue weighted by Crippen LogP contribution is 2.24. The van der Waals surface area contributed by atoms with Crippen LogP contribution in [0.4, 0.5) is 0 Å². The van der Waals surface area contributed by atoms with Gasteiger partial charge in [0.05, 0.1) is 5.52 Å². The molecule has 0 amide bonds. The molecule has 3 heterocycles. The lowest BCUT2D eigenvalue weighted by Crippen LogP contribution is -1.95. The van der Waals surface area contributed by atoms with Crippen molar-refractivity contribution >= 4 is 38.8 Å². The zero-order chi connectivity index (χ0) is 17.5. The van der Waals surface area contributed by atoms with Crippen molar-refractivity contribution in [1.29, 1.82) is 0 Å². The van der Waals surface area contributed by atoms with Crippen LogP contribution in [0.25, 0.3) is 27.4 Å². The molecule has 0 N–H and O–H groups in total. The predicted molar refractivity (Wildman–Crippen MR) is 104 cm³/mol. The molecule has 0 atom stereocenters. The number of halogens is 1. The van der Waals surface area contributed by atoms with Crippen LogP contribution < -0.4 is 0 Å². The van der Waals surface area contributed by atoms with Crippen LogP contribution in [0.1, 0.15) is 10.6 Å². The minimum absolute atomic E-state index is 0.657. The Morgan fingerprint density at radius 3 is 2.65 bits per heavy atom. The standard InChI is InChI=1S/C19H12ClN5S/c20-14-8-5-12(6-9-14)11-17-24-25-18(22-23-19(25)26-17)16-10-7-13-3-1-2-4-15(13)21-16/h1-10H,11H2. The molecule has 3 aromatic heterocycles. The van der Waals surface area contributed by atoms with Crippen molar-refractivity contribution in [3.8, 4) is 11.5 Å². The van der Waals surface area contributed by atoms with Gasteiger partial charge in [-0.3, -0.25) is 0 Å². The quantitative estimate of drug-likeness (QED) is 0.459. The molecule has 5 nitrogen and oxygen atoms in total. The van der Waals surface area contributed by atoms with Crippen molar-refractivity contribution in [3.05, 3.63) is 76.3 Å². The van der Waals surface area contributed by atoms with Crippen LogP contribution in [-0.2, 0) is 6.42 Å². The van der Waals surface area contributed by atoms with E-state index in [1.165, 1.54) is 11.3 Å².